The number of ether oxygens (including phenoxy) is 1. The first-order valence-electron chi connectivity index (χ1n) is 10.3. The summed E-state index contributed by atoms with van der Waals surface area (Å²) < 4.78 is 40.6. The first kappa shape index (κ1) is 22.2. The van der Waals surface area contributed by atoms with Gasteiger partial charge in [0.2, 0.25) is 5.91 Å². The Hall–Kier alpha value is -2.54. The van der Waals surface area contributed by atoms with Crippen molar-refractivity contribution < 1.29 is 22.7 Å². The Morgan fingerprint density at radius 2 is 1.63 bits per heavy atom. The quantitative estimate of drug-likeness (QED) is 0.670. The highest BCUT2D eigenvalue weighted by Gasteiger charge is 2.31. The molecule has 1 aliphatic heterocycles. The van der Waals surface area contributed by atoms with Crippen LogP contribution >= 0.6 is 0 Å². The van der Waals surface area contributed by atoms with Gasteiger partial charge in [-0.25, -0.2) is 0 Å². The number of rotatable bonds is 7. The van der Waals surface area contributed by atoms with Gasteiger partial charge < -0.3 is 14.5 Å². The molecule has 0 radical (unpaired) electrons. The lowest BCUT2D eigenvalue weighted by molar-refractivity contribution is -0.274. The summed E-state index contributed by atoms with van der Waals surface area (Å²) in [4.78, 5) is 16.9. The number of hydrogen-bond donors (Lipinski definition) is 0. The van der Waals surface area contributed by atoms with Crippen molar-refractivity contribution >= 4 is 5.91 Å². The van der Waals surface area contributed by atoms with Gasteiger partial charge in [-0.2, -0.15) is 0 Å². The zero-order chi connectivity index (χ0) is 21.4. The zero-order valence-corrected chi connectivity index (χ0v) is 16.9. The van der Waals surface area contributed by atoms with Crippen LogP contribution in [0.1, 0.15) is 24.0 Å². The van der Waals surface area contributed by atoms with Gasteiger partial charge in [0.15, 0.2) is 0 Å². The number of alkyl halides is 3. The summed E-state index contributed by atoms with van der Waals surface area (Å²) >= 11 is 0. The molecule has 2 aromatic rings. The molecule has 1 heterocycles. The van der Waals surface area contributed by atoms with Crippen LogP contribution < -0.4 is 4.74 Å². The number of carbonyl (C=O) groups is 1. The molecule has 1 aliphatic rings. The summed E-state index contributed by atoms with van der Waals surface area (Å²) in [5.41, 5.74) is 2.02. The molecule has 30 heavy (non-hydrogen) atoms. The van der Waals surface area contributed by atoms with Crippen LogP contribution in [-0.4, -0.2) is 54.8 Å². The molecule has 4 nitrogen and oxygen atoms in total. The summed E-state index contributed by atoms with van der Waals surface area (Å²) in [5.74, 6) is -0.273. The van der Waals surface area contributed by atoms with Crippen LogP contribution in [0.15, 0.2) is 54.6 Å². The maximum absolute atomic E-state index is 12.6. The van der Waals surface area contributed by atoms with Gasteiger partial charge in [0, 0.05) is 19.6 Å². The van der Waals surface area contributed by atoms with Gasteiger partial charge in [0.25, 0.3) is 0 Å². The summed E-state index contributed by atoms with van der Waals surface area (Å²) in [6, 6.07) is 15.9. The van der Waals surface area contributed by atoms with Crippen molar-refractivity contribution in [2.75, 3.05) is 32.7 Å². The minimum absolute atomic E-state index is 0.00521. The van der Waals surface area contributed by atoms with E-state index in [-0.39, 0.29) is 18.1 Å². The molecular formula is C23H27F3N2O2. The van der Waals surface area contributed by atoms with Crippen LogP contribution in [0.5, 0.6) is 5.75 Å². The normalized spacial score (nSPS) is 15.6. The predicted molar refractivity (Wildman–Crippen MR) is 109 cm³/mol. The van der Waals surface area contributed by atoms with Crippen LogP contribution in [0.25, 0.3) is 0 Å². The lowest BCUT2D eigenvalue weighted by Crippen LogP contribution is -2.36. The molecule has 0 aliphatic carbocycles. The molecule has 1 saturated heterocycles. The number of carbonyl (C=O) groups excluding carboxylic acids is 1. The van der Waals surface area contributed by atoms with Crippen LogP contribution in [0.3, 0.4) is 0 Å². The summed E-state index contributed by atoms with van der Waals surface area (Å²) in [6.07, 6.45) is -1.47. The molecule has 0 atom stereocenters. The monoisotopic (exact) mass is 420 g/mol. The predicted octanol–water partition coefficient (Wildman–Crippen LogP) is 4.29. The highest BCUT2D eigenvalue weighted by Crippen LogP contribution is 2.23. The van der Waals surface area contributed by atoms with Gasteiger partial charge in [0.05, 0.1) is 6.42 Å². The summed E-state index contributed by atoms with van der Waals surface area (Å²) in [6.45, 7) is 4.22. The topological polar surface area (TPSA) is 32.8 Å². The van der Waals surface area contributed by atoms with E-state index < -0.39 is 6.36 Å². The van der Waals surface area contributed by atoms with Crippen LogP contribution in [-0.2, 0) is 17.6 Å². The van der Waals surface area contributed by atoms with Crippen LogP contribution in [0.4, 0.5) is 13.2 Å². The number of aryl methyl sites for hydroxylation is 1. The second kappa shape index (κ2) is 10.5. The smallest absolute Gasteiger partial charge is 0.406 e. The molecule has 0 unspecified atom stereocenters. The largest absolute Gasteiger partial charge is 0.573 e. The Morgan fingerprint density at radius 1 is 0.900 bits per heavy atom. The molecule has 0 saturated carbocycles. The lowest BCUT2D eigenvalue weighted by atomic mass is 10.1. The van der Waals surface area contributed by atoms with E-state index in [1.54, 1.807) is 0 Å². The molecule has 162 valence electrons. The zero-order valence-electron chi connectivity index (χ0n) is 16.9. The Labute approximate surface area is 175 Å². The number of benzene rings is 2. The maximum Gasteiger partial charge on any atom is 0.573 e. The third-order valence-electron chi connectivity index (χ3n) is 5.24. The van der Waals surface area contributed by atoms with Crippen molar-refractivity contribution in [2.45, 2.75) is 32.0 Å². The highest BCUT2D eigenvalue weighted by atomic mass is 19.4. The van der Waals surface area contributed by atoms with E-state index in [0.717, 1.165) is 38.9 Å². The van der Waals surface area contributed by atoms with E-state index >= 15 is 0 Å². The van der Waals surface area contributed by atoms with E-state index in [9.17, 15) is 18.0 Å². The molecule has 0 bridgehead atoms. The number of nitrogens with zero attached hydrogens (tertiary/aromatic N) is 2. The minimum Gasteiger partial charge on any atom is -0.406 e. The first-order chi connectivity index (χ1) is 14.4. The average molecular weight is 420 g/mol. The van der Waals surface area contributed by atoms with Crippen molar-refractivity contribution in [3.05, 3.63) is 65.7 Å². The molecule has 1 amide bonds. The Balaban J connectivity index is 1.42. The van der Waals surface area contributed by atoms with Crippen LogP contribution in [0.2, 0.25) is 0 Å². The maximum atomic E-state index is 12.6. The number of amides is 1. The molecule has 0 spiro atoms. The average Bonchev–Trinajstić information content (AvgIpc) is 2.95. The molecule has 3 rings (SSSR count). The number of halogens is 3. The van der Waals surface area contributed by atoms with Gasteiger partial charge in [-0.05, 0) is 55.6 Å². The standard InChI is InChI=1S/C23H27F3N2O2/c24-23(25,26)30-21-11-9-20(10-12-21)18-22(29)28-15-5-14-27(16-17-28)13-4-8-19-6-2-1-3-7-19/h1-3,6-7,9-12H,4-5,8,13-18H2. The van der Waals surface area contributed by atoms with Crippen molar-refractivity contribution in [1.29, 1.82) is 0 Å². The second-order valence-electron chi connectivity index (χ2n) is 7.53. The molecule has 7 heteroatoms. The van der Waals surface area contributed by atoms with E-state index in [1.165, 1.54) is 29.8 Å². The first-order valence-corrected chi connectivity index (χ1v) is 10.3. The Kier molecular flexibility index (Phi) is 7.74. The van der Waals surface area contributed by atoms with E-state index in [4.69, 9.17) is 0 Å². The van der Waals surface area contributed by atoms with Gasteiger partial charge >= 0.3 is 6.36 Å². The van der Waals surface area contributed by atoms with Crippen LogP contribution in [0, 0.1) is 0 Å². The van der Waals surface area contributed by atoms with Crippen molar-refractivity contribution in [3.63, 3.8) is 0 Å². The van der Waals surface area contributed by atoms with Gasteiger partial charge in [-0.3, -0.25) is 4.79 Å². The number of hydrogen-bond acceptors (Lipinski definition) is 3. The highest BCUT2D eigenvalue weighted by molar-refractivity contribution is 5.78. The van der Waals surface area contributed by atoms with Crippen molar-refractivity contribution in [1.82, 2.24) is 9.80 Å². The molecule has 1 fully saturated rings. The van der Waals surface area contributed by atoms with Gasteiger partial charge in [-0.15, -0.1) is 13.2 Å². The summed E-state index contributed by atoms with van der Waals surface area (Å²) in [7, 11) is 0. The van der Waals surface area contributed by atoms with Crippen molar-refractivity contribution in [2.24, 2.45) is 0 Å². The Bertz CT molecular complexity index is 794. The Morgan fingerprint density at radius 3 is 2.33 bits per heavy atom. The van der Waals surface area contributed by atoms with Gasteiger partial charge in [-0.1, -0.05) is 42.5 Å². The SMILES string of the molecule is O=C(Cc1ccc(OC(F)(F)F)cc1)N1CCCN(CCCc2ccccc2)CC1. The third-order valence-corrected chi connectivity index (χ3v) is 5.24. The fraction of sp³-hybridized carbons (Fsp3) is 0.435. The lowest BCUT2D eigenvalue weighted by Gasteiger charge is -2.22. The van der Waals surface area contributed by atoms with Gasteiger partial charge in [0.1, 0.15) is 5.75 Å². The third kappa shape index (κ3) is 7.37. The fourth-order valence-corrected chi connectivity index (χ4v) is 3.69. The molecule has 0 N–H and O–H groups in total. The van der Waals surface area contributed by atoms with E-state index in [2.05, 4.69) is 33.9 Å². The summed E-state index contributed by atoms with van der Waals surface area (Å²) in [5, 5.41) is 0. The minimum atomic E-state index is -4.71. The fourth-order valence-electron chi connectivity index (χ4n) is 3.69. The molecule has 0 aromatic heterocycles. The molecule has 2 aromatic carbocycles. The van der Waals surface area contributed by atoms with E-state index in [1.807, 2.05) is 11.0 Å². The van der Waals surface area contributed by atoms with E-state index in [0.29, 0.717) is 18.7 Å². The van der Waals surface area contributed by atoms with Crippen molar-refractivity contribution in [3.8, 4) is 5.75 Å². The molecular weight excluding hydrogens is 393 g/mol. The second-order valence-corrected chi connectivity index (χ2v) is 7.53.